The molecule has 1 aliphatic heterocycles. The Bertz CT molecular complexity index is 150. The fraction of sp³-hybridized carbons (Fsp3) is 1.00. The van der Waals surface area contributed by atoms with Crippen LogP contribution in [0.4, 0.5) is 0 Å². The third-order valence-electron chi connectivity index (χ3n) is 2.75. The minimum atomic E-state index is 0.744. The number of likely N-dealkylation sites (N-methyl/N-ethyl adjacent to an activating group) is 1. The van der Waals surface area contributed by atoms with Crippen molar-refractivity contribution in [1.82, 2.24) is 10.2 Å². The van der Waals surface area contributed by atoms with Crippen LogP contribution >= 0.6 is 0 Å². The van der Waals surface area contributed by atoms with Crippen LogP contribution in [0, 0.1) is 5.92 Å². The minimum Gasteiger partial charge on any atom is -0.383 e. The van der Waals surface area contributed by atoms with Gasteiger partial charge in [0.05, 0.1) is 13.2 Å². The standard InChI is InChI=1S/C11H24N2O2/c1-13(6-4-12-5-8-14-2)9-11-3-7-15-10-11/h11-12H,3-10H2,1-2H3. The molecule has 0 saturated carbocycles. The number of hydrogen-bond acceptors (Lipinski definition) is 4. The highest BCUT2D eigenvalue weighted by Crippen LogP contribution is 2.12. The maximum atomic E-state index is 5.36. The highest BCUT2D eigenvalue weighted by atomic mass is 16.5. The fourth-order valence-electron chi connectivity index (χ4n) is 1.83. The SMILES string of the molecule is COCCNCCN(C)CC1CCOC1. The Morgan fingerprint density at radius 1 is 1.47 bits per heavy atom. The van der Waals surface area contributed by atoms with Gasteiger partial charge < -0.3 is 19.7 Å². The molecule has 0 aromatic heterocycles. The van der Waals surface area contributed by atoms with Crippen LogP contribution in [0.15, 0.2) is 0 Å². The van der Waals surface area contributed by atoms with Gasteiger partial charge >= 0.3 is 0 Å². The Morgan fingerprint density at radius 2 is 2.33 bits per heavy atom. The first-order chi connectivity index (χ1) is 7.33. The van der Waals surface area contributed by atoms with Crippen LogP contribution in [0.5, 0.6) is 0 Å². The third kappa shape index (κ3) is 6.10. The molecule has 90 valence electrons. The van der Waals surface area contributed by atoms with Crippen LogP contribution in [-0.2, 0) is 9.47 Å². The molecule has 0 spiro atoms. The molecule has 4 nitrogen and oxygen atoms in total. The number of nitrogens with one attached hydrogen (secondary N) is 1. The van der Waals surface area contributed by atoms with E-state index in [1.165, 1.54) is 6.42 Å². The smallest absolute Gasteiger partial charge is 0.0587 e. The molecule has 1 saturated heterocycles. The van der Waals surface area contributed by atoms with E-state index in [1.807, 2.05) is 0 Å². The Morgan fingerprint density at radius 3 is 3.00 bits per heavy atom. The first-order valence-corrected chi connectivity index (χ1v) is 5.79. The van der Waals surface area contributed by atoms with Crippen molar-refractivity contribution < 1.29 is 9.47 Å². The van der Waals surface area contributed by atoms with E-state index in [1.54, 1.807) is 7.11 Å². The molecule has 0 aromatic carbocycles. The second-order valence-electron chi connectivity index (χ2n) is 4.23. The number of rotatable bonds is 8. The summed E-state index contributed by atoms with van der Waals surface area (Å²) in [6, 6.07) is 0. The van der Waals surface area contributed by atoms with E-state index in [2.05, 4.69) is 17.3 Å². The second-order valence-corrected chi connectivity index (χ2v) is 4.23. The van der Waals surface area contributed by atoms with Crippen molar-refractivity contribution in [3.63, 3.8) is 0 Å². The quantitative estimate of drug-likeness (QED) is 0.587. The Hall–Kier alpha value is -0.160. The summed E-state index contributed by atoms with van der Waals surface area (Å²) in [5, 5.41) is 3.34. The van der Waals surface area contributed by atoms with Crippen molar-refractivity contribution in [2.75, 3.05) is 60.2 Å². The lowest BCUT2D eigenvalue weighted by Gasteiger charge is -2.19. The minimum absolute atomic E-state index is 0.744. The number of nitrogens with zero attached hydrogens (tertiary/aromatic N) is 1. The summed E-state index contributed by atoms with van der Waals surface area (Å²) >= 11 is 0. The third-order valence-corrected chi connectivity index (χ3v) is 2.75. The van der Waals surface area contributed by atoms with Gasteiger partial charge in [0.2, 0.25) is 0 Å². The van der Waals surface area contributed by atoms with Crippen molar-refractivity contribution in [3.05, 3.63) is 0 Å². The number of hydrogen-bond donors (Lipinski definition) is 1. The largest absolute Gasteiger partial charge is 0.383 e. The van der Waals surface area contributed by atoms with Gasteiger partial charge in [-0.15, -0.1) is 0 Å². The lowest BCUT2D eigenvalue weighted by molar-refractivity contribution is 0.173. The molecular weight excluding hydrogens is 192 g/mol. The zero-order valence-corrected chi connectivity index (χ0v) is 10.00. The van der Waals surface area contributed by atoms with Gasteiger partial charge in [-0.2, -0.15) is 0 Å². The molecule has 0 aliphatic carbocycles. The maximum absolute atomic E-state index is 5.36. The van der Waals surface area contributed by atoms with Gasteiger partial charge in [-0.1, -0.05) is 0 Å². The predicted octanol–water partition coefficient (Wildman–Crippen LogP) is 0.191. The molecule has 0 amide bonds. The van der Waals surface area contributed by atoms with Crippen LogP contribution in [-0.4, -0.2) is 65.1 Å². The maximum Gasteiger partial charge on any atom is 0.0587 e. The summed E-state index contributed by atoms with van der Waals surface area (Å²) in [7, 11) is 3.91. The van der Waals surface area contributed by atoms with Gasteiger partial charge in [0, 0.05) is 39.9 Å². The average molecular weight is 216 g/mol. The van der Waals surface area contributed by atoms with Gasteiger partial charge in [-0.3, -0.25) is 0 Å². The first kappa shape index (κ1) is 12.9. The zero-order valence-electron chi connectivity index (χ0n) is 10.00. The van der Waals surface area contributed by atoms with Gasteiger partial charge in [0.25, 0.3) is 0 Å². The van der Waals surface area contributed by atoms with E-state index in [-0.39, 0.29) is 0 Å². The summed E-state index contributed by atoms with van der Waals surface area (Å²) < 4.78 is 10.3. The molecule has 1 rings (SSSR count). The number of ether oxygens (including phenoxy) is 2. The van der Waals surface area contributed by atoms with Crippen molar-refractivity contribution >= 4 is 0 Å². The molecule has 4 heteroatoms. The summed E-state index contributed by atoms with van der Waals surface area (Å²) in [6.45, 7) is 6.92. The van der Waals surface area contributed by atoms with E-state index in [0.717, 1.165) is 51.9 Å². The van der Waals surface area contributed by atoms with Crippen molar-refractivity contribution in [3.8, 4) is 0 Å². The second kappa shape index (κ2) is 8.05. The van der Waals surface area contributed by atoms with Crippen LogP contribution in [0.3, 0.4) is 0 Å². The molecule has 1 N–H and O–H groups in total. The lowest BCUT2D eigenvalue weighted by atomic mass is 10.1. The van der Waals surface area contributed by atoms with Crippen LogP contribution in [0.2, 0.25) is 0 Å². The van der Waals surface area contributed by atoms with Gasteiger partial charge in [-0.05, 0) is 19.4 Å². The summed E-state index contributed by atoms with van der Waals surface area (Å²) in [5.74, 6) is 0.744. The predicted molar refractivity (Wildman–Crippen MR) is 61.2 cm³/mol. The van der Waals surface area contributed by atoms with E-state index in [0.29, 0.717) is 0 Å². The van der Waals surface area contributed by atoms with E-state index >= 15 is 0 Å². The van der Waals surface area contributed by atoms with E-state index in [4.69, 9.17) is 9.47 Å². The van der Waals surface area contributed by atoms with Gasteiger partial charge in [0.15, 0.2) is 0 Å². The monoisotopic (exact) mass is 216 g/mol. The average Bonchev–Trinajstić information content (AvgIpc) is 2.70. The van der Waals surface area contributed by atoms with Crippen molar-refractivity contribution in [1.29, 1.82) is 0 Å². The Balaban J connectivity index is 1.91. The Kier molecular flexibility index (Phi) is 6.92. The molecule has 0 aromatic rings. The fourth-order valence-corrected chi connectivity index (χ4v) is 1.83. The summed E-state index contributed by atoms with van der Waals surface area (Å²) in [6.07, 6.45) is 1.22. The van der Waals surface area contributed by atoms with Crippen molar-refractivity contribution in [2.45, 2.75) is 6.42 Å². The van der Waals surface area contributed by atoms with E-state index < -0.39 is 0 Å². The molecular formula is C11H24N2O2. The molecule has 1 atom stereocenters. The van der Waals surface area contributed by atoms with Gasteiger partial charge in [-0.25, -0.2) is 0 Å². The molecule has 0 radical (unpaired) electrons. The molecule has 1 unspecified atom stereocenters. The van der Waals surface area contributed by atoms with Crippen LogP contribution in [0.25, 0.3) is 0 Å². The number of methoxy groups -OCH3 is 1. The highest BCUT2D eigenvalue weighted by molar-refractivity contribution is 4.68. The first-order valence-electron chi connectivity index (χ1n) is 5.79. The zero-order chi connectivity index (χ0) is 10.9. The van der Waals surface area contributed by atoms with Crippen LogP contribution in [0.1, 0.15) is 6.42 Å². The van der Waals surface area contributed by atoms with Crippen molar-refractivity contribution in [2.24, 2.45) is 5.92 Å². The molecule has 0 bridgehead atoms. The highest BCUT2D eigenvalue weighted by Gasteiger charge is 2.16. The lowest BCUT2D eigenvalue weighted by Crippen LogP contribution is -2.34. The van der Waals surface area contributed by atoms with Gasteiger partial charge in [0.1, 0.15) is 0 Å². The van der Waals surface area contributed by atoms with E-state index in [9.17, 15) is 0 Å². The molecule has 1 heterocycles. The summed E-state index contributed by atoms with van der Waals surface area (Å²) in [4.78, 5) is 2.37. The molecule has 1 fully saturated rings. The Labute approximate surface area is 92.9 Å². The topological polar surface area (TPSA) is 33.7 Å². The van der Waals surface area contributed by atoms with Crippen LogP contribution < -0.4 is 5.32 Å². The summed E-state index contributed by atoms with van der Waals surface area (Å²) in [5.41, 5.74) is 0. The normalized spacial score (nSPS) is 21.4. The molecule has 1 aliphatic rings. The molecule has 15 heavy (non-hydrogen) atoms.